The second kappa shape index (κ2) is 5.12. The minimum atomic E-state index is -2.86. The van der Waals surface area contributed by atoms with E-state index in [2.05, 4.69) is 10.1 Å². The molecule has 0 spiro atoms. The van der Waals surface area contributed by atoms with Gasteiger partial charge in [0.2, 0.25) is 11.8 Å². The number of imide groups is 1. The fraction of sp³-hybridized carbons (Fsp3) is 0.333. The molecule has 1 fully saturated rings. The Hall–Kier alpha value is -1.98. The summed E-state index contributed by atoms with van der Waals surface area (Å²) < 4.78 is 28.1. The molecule has 2 rings (SSSR count). The standard InChI is InChI=1S/C12H11F2NO3/c13-12(14)18-9-3-1-7(2-4-9)8-5-10(16)15-11(17)6-8/h1-4,8,12H,5-6H2,(H,15,16,17). The average Bonchev–Trinajstić information content (AvgIpc) is 2.27. The molecule has 1 aliphatic rings. The molecule has 96 valence electrons. The van der Waals surface area contributed by atoms with Crippen LogP contribution in [-0.2, 0) is 9.59 Å². The molecule has 0 bridgehead atoms. The van der Waals surface area contributed by atoms with Crippen LogP contribution in [0.1, 0.15) is 24.3 Å². The first kappa shape index (κ1) is 12.5. The van der Waals surface area contributed by atoms with E-state index < -0.39 is 6.61 Å². The summed E-state index contributed by atoms with van der Waals surface area (Å²) in [5.41, 5.74) is 0.764. The Morgan fingerprint density at radius 1 is 1.11 bits per heavy atom. The van der Waals surface area contributed by atoms with Gasteiger partial charge in [-0.3, -0.25) is 14.9 Å². The number of rotatable bonds is 3. The first-order valence-corrected chi connectivity index (χ1v) is 5.42. The molecule has 1 heterocycles. The second-order valence-corrected chi connectivity index (χ2v) is 4.02. The third-order valence-electron chi connectivity index (χ3n) is 2.72. The van der Waals surface area contributed by atoms with Crippen LogP contribution in [0.25, 0.3) is 0 Å². The van der Waals surface area contributed by atoms with E-state index in [9.17, 15) is 18.4 Å². The predicted octanol–water partition coefficient (Wildman–Crippen LogP) is 1.81. The lowest BCUT2D eigenvalue weighted by Gasteiger charge is -2.21. The number of hydrogen-bond acceptors (Lipinski definition) is 3. The van der Waals surface area contributed by atoms with Crippen LogP contribution >= 0.6 is 0 Å². The first-order chi connectivity index (χ1) is 8.54. The third kappa shape index (κ3) is 3.03. The molecular weight excluding hydrogens is 244 g/mol. The lowest BCUT2D eigenvalue weighted by Crippen LogP contribution is -2.37. The maximum absolute atomic E-state index is 12.0. The Morgan fingerprint density at radius 3 is 2.17 bits per heavy atom. The van der Waals surface area contributed by atoms with Crippen molar-refractivity contribution in [2.24, 2.45) is 0 Å². The zero-order valence-electron chi connectivity index (χ0n) is 9.36. The van der Waals surface area contributed by atoms with Crippen LogP contribution in [0.3, 0.4) is 0 Å². The van der Waals surface area contributed by atoms with Crippen LogP contribution < -0.4 is 10.1 Å². The van der Waals surface area contributed by atoms with Gasteiger partial charge in [-0.2, -0.15) is 8.78 Å². The molecule has 0 saturated carbocycles. The summed E-state index contributed by atoms with van der Waals surface area (Å²) in [6, 6.07) is 5.99. The molecule has 1 aromatic carbocycles. The van der Waals surface area contributed by atoms with Gasteiger partial charge in [0.05, 0.1) is 0 Å². The molecule has 0 unspecified atom stereocenters. The molecule has 0 atom stereocenters. The number of hydrogen-bond donors (Lipinski definition) is 1. The lowest BCUT2D eigenvalue weighted by atomic mass is 9.89. The van der Waals surface area contributed by atoms with Crippen molar-refractivity contribution in [1.29, 1.82) is 0 Å². The minimum absolute atomic E-state index is 0.0559. The molecular formula is C12H11F2NO3. The summed E-state index contributed by atoms with van der Waals surface area (Å²) in [7, 11) is 0. The van der Waals surface area contributed by atoms with E-state index in [1.54, 1.807) is 12.1 Å². The fourth-order valence-electron chi connectivity index (χ4n) is 1.93. The summed E-state index contributed by atoms with van der Waals surface area (Å²) in [6.45, 7) is -2.86. The molecule has 1 aromatic rings. The Balaban J connectivity index is 2.09. The van der Waals surface area contributed by atoms with Gasteiger partial charge in [-0.15, -0.1) is 0 Å². The number of halogens is 2. The first-order valence-electron chi connectivity index (χ1n) is 5.42. The Kier molecular flexibility index (Phi) is 3.55. The number of carbonyl (C=O) groups is 2. The number of ether oxygens (including phenoxy) is 1. The van der Waals surface area contributed by atoms with E-state index in [4.69, 9.17) is 0 Å². The van der Waals surface area contributed by atoms with Crippen molar-refractivity contribution in [1.82, 2.24) is 5.32 Å². The lowest BCUT2D eigenvalue weighted by molar-refractivity contribution is -0.133. The van der Waals surface area contributed by atoms with Crippen molar-refractivity contribution in [2.75, 3.05) is 0 Å². The summed E-state index contributed by atoms with van der Waals surface area (Å²) in [5, 5.41) is 2.21. The molecule has 1 aliphatic heterocycles. The van der Waals surface area contributed by atoms with Crippen molar-refractivity contribution in [3.8, 4) is 5.75 Å². The topological polar surface area (TPSA) is 55.4 Å². The molecule has 0 radical (unpaired) electrons. The molecule has 4 nitrogen and oxygen atoms in total. The van der Waals surface area contributed by atoms with Crippen LogP contribution in [0.4, 0.5) is 8.78 Å². The van der Waals surface area contributed by atoms with E-state index in [1.165, 1.54) is 12.1 Å². The maximum Gasteiger partial charge on any atom is 0.387 e. The van der Waals surface area contributed by atoms with Crippen LogP contribution in [0, 0.1) is 0 Å². The molecule has 6 heteroatoms. The molecule has 1 saturated heterocycles. The van der Waals surface area contributed by atoms with E-state index in [0.29, 0.717) is 0 Å². The largest absolute Gasteiger partial charge is 0.435 e. The predicted molar refractivity (Wildman–Crippen MR) is 58.2 cm³/mol. The second-order valence-electron chi connectivity index (χ2n) is 4.02. The number of nitrogens with one attached hydrogen (secondary N) is 1. The van der Waals surface area contributed by atoms with Crippen LogP contribution in [-0.4, -0.2) is 18.4 Å². The number of amides is 2. The van der Waals surface area contributed by atoms with Crippen molar-refractivity contribution in [2.45, 2.75) is 25.4 Å². The van der Waals surface area contributed by atoms with Crippen LogP contribution in [0.15, 0.2) is 24.3 Å². The summed E-state index contributed by atoms with van der Waals surface area (Å²) in [5.74, 6) is -0.777. The molecule has 0 aromatic heterocycles. The average molecular weight is 255 g/mol. The van der Waals surface area contributed by atoms with Crippen molar-refractivity contribution in [3.05, 3.63) is 29.8 Å². The van der Waals surface area contributed by atoms with Crippen molar-refractivity contribution in [3.63, 3.8) is 0 Å². The highest BCUT2D eigenvalue weighted by Crippen LogP contribution is 2.27. The maximum atomic E-state index is 12.0. The SMILES string of the molecule is O=C1CC(c2ccc(OC(F)F)cc2)CC(=O)N1. The molecule has 2 amide bonds. The normalized spacial score (nSPS) is 16.8. The number of alkyl halides is 2. The van der Waals surface area contributed by atoms with Gasteiger partial charge in [-0.1, -0.05) is 12.1 Å². The van der Waals surface area contributed by atoms with E-state index >= 15 is 0 Å². The van der Waals surface area contributed by atoms with Gasteiger partial charge in [0, 0.05) is 18.8 Å². The van der Waals surface area contributed by atoms with Gasteiger partial charge >= 0.3 is 6.61 Å². The number of benzene rings is 1. The Morgan fingerprint density at radius 2 is 1.67 bits per heavy atom. The van der Waals surface area contributed by atoms with E-state index in [1.807, 2.05) is 0 Å². The summed E-state index contributed by atoms with van der Waals surface area (Å²) in [4.78, 5) is 22.4. The molecule has 1 N–H and O–H groups in total. The number of carbonyl (C=O) groups excluding carboxylic acids is 2. The Bertz CT molecular complexity index is 443. The summed E-state index contributed by atoms with van der Waals surface area (Å²) in [6.07, 6.45) is 0.446. The highest BCUT2D eigenvalue weighted by molar-refractivity contribution is 5.98. The van der Waals surface area contributed by atoms with Gasteiger partial charge in [0.15, 0.2) is 0 Å². The zero-order valence-corrected chi connectivity index (χ0v) is 9.36. The van der Waals surface area contributed by atoms with E-state index in [0.717, 1.165) is 5.56 Å². The highest BCUT2D eigenvalue weighted by Gasteiger charge is 2.25. The Labute approximate surface area is 102 Å². The quantitative estimate of drug-likeness (QED) is 0.838. The van der Waals surface area contributed by atoms with Crippen LogP contribution in [0.2, 0.25) is 0 Å². The van der Waals surface area contributed by atoms with Crippen molar-refractivity contribution >= 4 is 11.8 Å². The third-order valence-corrected chi connectivity index (χ3v) is 2.72. The smallest absolute Gasteiger partial charge is 0.387 e. The van der Waals surface area contributed by atoms with Crippen LogP contribution in [0.5, 0.6) is 5.75 Å². The van der Waals surface area contributed by atoms with Gasteiger partial charge in [0.1, 0.15) is 5.75 Å². The number of piperidine rings is 1. The van der Waals surface area contributed by atoms with Gasteiger partial charge in [0.25, 0.3) is 0 Å². The zero-order chi connectivity index (χ0) is 13.1. The molecule has 0 aliphatic carbocycles. The van der Waals surface area contributed by atoms with Gasteiger partial charge in [-0.05, 0) is 17.7 Å². The van der Waals surface area contributed by atoms with Gasteiger partial charge in [-0.25, -0.2) is 0 Å². The summed E-state index contributed by atoms with van der Waals surface area (Å²) >= 11 is 0. The van der Waals surface area contributed by atoms with E-state index in [-0.39, 0.29) is 36.3 Å². The van der Waals surface area contributed by atoms with Crippen molar-refractivity contribution < 1.29 is 23.1 Å². The fourth-order valence-corrected chi connectivity index (χ4v) is 1.93. The molecule has 18 heavy (non-hydrogen) atoms. The minimum Gasteiger partial charge on any atom is -0.435 e. The highest BCUT2D eigenvalue weighted by atomic mass is 19.3. The monoisotopic (exact) mass is 255 g/mol. The van der Waals surface area contributed by atoms with Gasteiger partial charge < -0.3 is 4.74 Å².